The first-order valence-corrected chi connectivity index (χ1v) is 10.4. The van der Waals surface area contributed by atoms with E-state index in [0.717, 1.165) is 41.7 Å². The number of carbonyl (C=O) groups excluding carboxylic acids is 1. The minimum Gasteiger partial charge on any atom is -0.359 e. The van der Waals surface area contributed by atoms with Crippen molar-refractivity contribution in [2.45, 2.75) is 19.0 Å². The molecule has 2 saturated heterocycles. The van der Waals surface area contributed by atoms with Gasteiger partial charge in [-0.2, -0.15) is 4.98 Å². The summed E-state index contributed by atoms with van der Waals surface area (Å²) in [7, 11) is 0. The Morgan fingerprint density at radius 3 is 2.89 bits per heavy atom. The van der Waals surface area contributed by atoms with E-state index in [-0.39, 0.29) is 11.9 Å². The molecule has 1 unspecified atom stereocenters. The van der Waals surface area contributed by atoms with Gasteiger partial charge < -0.3 is 14.7 Å². The Kier molecular flexibility index (Phi) is 5.70. The van der Waals surface area contributed by atoms with Crippen LogP contribution in [0.5, 0.6) is 0 Å². The van der Waals surface area contributed by atoms with Crippen LogP contribution in [-0.2, 0) is 11.3 Å². The average Bonchev–Trinajstić information content (AvgIpc) is 3.27. The maximum atomic E-state index is 12.7. The second-order valence-corrected chi connectivity index (χ2v) is 8.33. The van der Waals surface area contributed by atoms with Gasteiger partial charge in [0.05, 0.1) is 6.54 Å². The molecule has 1 atom stereocenters. The van der Waals surface area contributed by atoms with Crippen LogP contribution in [0, 0.1) is 0 Å². The van der Waals surface area contributed by atoms with Gasteiger partial charge in [-0.1, -0.05) is 47.3 Å². The van der Waals surface area contributed by atoms with E-state index in [1.165, 1.54) is 0 Å². The molecule has 2 aromatic rings. The lowest BCUT2D eigenvalue weighted by atomic mass is 10.2. The highest BCUT2D eigenvalue weighted by atomic mass is 32.2. The van der Waals surface area contributed by atoms with Crippen molar-refractivity contribution in [1.82, 2.24) is 25.3 Å². The molecule has 0 spiro atoms. The fourth-order valence-corrected chi connectivity index (χ4v) is 4.42. The third-order valence-electron chi connectivity index (χ3n) is 4.73. The van der Waals surface area contributed by atoms with Gasteiger partial charge in [0, 0.05) is 37.5 Å². The number of nitrogens with one attached hydrogen (secondary N) is 1. The topological polar surface area (TPSA) is 74.5 Å². The van der Waals surface area contributed by atoms with E-state index in [1.54, 1.807) is 11.8 Å². The van der Waals surface area contributed by atoms with E-state index < -0.39 is 0 Å². The largest absolute Gasteiger partial charge is 0.359 e. The number of thiocarbonyl (C=S) groups is 1. The molecular weight excluding hydrogens is 382 g/mol. The monoisotopic (exact) mass is 403 g/mol. The maximum Gasteiger partial charge on any atom is 0.257 e. The molecule has 1 aromatic heterocycles. The number of aromatic nitrogens is 2. The zero-order valence-corrected chi connectivity index (χ0v) is 16.5. The van der Waals surface area contributed by atoms with Crippen LogP contribution in [0.3, 0.4) is 0 Å². The summed E-state index contributed by atoms with van der Waals surface area (Å²) in [5, 5.41) is 7.21. The van der Waals surface area contributed by atoms with E-state index in [9.17, 15) is 4.79 Å². The molecule has 3 heterocycles. The average molecular weight is 404 g/mol. The molecule has 2 fully saturated rings. The van der Waals surface area contributed by atoms with Crippen molar-refractivity contribution in [3.63, 3.8) is 0 Å². The van der Waals surface area contributed by atoms with Gasteiger partial charge in [0.2, 0.25) is 5.91 Å². The molecule has 1 amide bonds. The number of thioether (sulfide) groups is 1. The van der Waals surface area contributed by atoms with Gasteiger partial charge in [-0.15, -0.1) is 0 Å². The van der Waals surface area contributed by atoms with Crippen molar-refractivity contribution in [1.29, 1.82) is 0 Å². The minimum absolute atomic E-state index is 0.148. The Balaban J connectivity index is 1.33. The van der Waals surface area contributed by atoms with Gasteiger partial charge in [-0.3, -0.25) is 9.69 Å². The number of hydrogen-bond donors (Lipinski definition) is 1. The first kappa shape index (κ1) is 18.4. The summed E-state index contributed by atoms with van der Waals surface area (Å²) in [5.41, 5.74) is 0.920. The van der Waals surface area contributed by atoms with Crippen molar-refractivity contribution in [3.05, 3.63) is 36.2 Å². The quantitative estimate of drug-likeness (QED) is 0.774. The zero-order valence-electron chi connectivity index (χ0n) is 14.8. The van der Waals surface area contributed by atoms with Crippen LogP contribution in [0.4, 0.5) is 0 Å². The van der Waals surface area contributed by atoms with Gasteiger partial charge in [0.15, 0.2) is 5.82 Å². The molecule has 0 saturated carbocycles. The number of rotatable bonds is 4. The molecule has 0 radical (unpaired) electrons. The molecule has 7 nitrogen and oxygen atoms in total. The lowest BCUT2D eigenvalue weighted by Crippen LogP contribution is -2.46. The molecule has 9 heteroatoms. The number of nitrogens with zero attached hydrogens (tertiary/aromatic N) is 4. The van der Waals surface area contributed by atoms with Crippen molar-refractivity contribution < 1.29 is 9.32 Å². The van der Waals surface area contributed by atoms with E-state index in [0.29, 0.717) is 24.8 Å². The van der Waals surface area contributed by atoms with E-state index in [2.05, 4.69) is 20.4 Å². The minimum atomic E-state index is -0.181. The SMILES string of the molecule is O=C(C1CSC(=S)N1)N1CCCN(Cc2noc(-c3ccccc3)n2)CC1. The molecular formula is C18H21N5O2S2. The molecule has 27 heavy (non-hydrogen) atoms. The second kappa shape index (κ2) is 8.37. The highest BCUT2D eigenvalue weighted by Gasteiger charge is 2.30. The fraction of sp³-hybridized carbons (Fsp3) is 0.444. The van der Waals surface area contributed by atoms with Crippen LogP contribution in [0.15, 0.2) is 34.9 Å². The molecule has 142 valence electrons. The summed E-state index contributed by atoms with van der Waals surface area (Å²) >= 11 is 6.66. The Labute approximate surface area is 167 Å². The van der Waals surface area contributed by atoms with Crippen LogP contribution < -0.4 is 5.32 Å². The third kappa shape index (κ3) is 4.48. The van der Waals surface area contributed by atoms with E-state index in [1.807, 2.05) is 35.2 Å². The maximum absolute atomic E-state index is 12.7. The molecule has 2 aliphatic heterocycles. The normalized spacial score (nSPS) is 21.1. The smallest absolute Gasteiger partial charge is 0.257 e. The summed E-state index contributed by atoms with van der Waals surface area (Å²) in [6, 6.07) is 9.58. The van der Waals surface area contributed by atoms with Crippen molar-refractivity contribution in [2.75, 3.05) is 31.9 Å². The van der Waals surface area contributed by atoms with Crippen LogP contribution in [0.2, 0.25) is 0 Å². The summed E-state index contributed by atoms with van der Waals surface area (Å²) in [6.07, 6.45) is 0.930. The van der Waals surface area contributed by atoms with Crippen LogP contribution in [0.1, 0.15) is 12.2 Å². The van der Waals surface area contributed by atoms with Gasteiger partial charge in [-0.25, -0.2) is 0 Å². The highest BCUT2D eigenvalue weighted by Crippen LogP contribution is 2.18. The summed E-state index contributed by atoms with van der Waals surface area (Å²) in [6.45, 7) is 3.81. The zero-order chi connectivity index (χ0) is 18.6. The van der Waals surface area contributed by atoms with Crippen LogP contribution in [0.25, 0.3) is 11.5 Å². The van der Waals surface area contributed by atoms with Gasteiger partial charge in [0.1, 0.15) is 10.4 Å². The number of hydrogen-bond acceptors (Lipinski definition) is 7. The highest BCUT2D eigenvalue weighted by molar-refractivity contribution is 8.23. The van der Waals surface area contributed by atoms with Crippen LogP contribution in [-0.4, -0.2) is 68.1 Å². The third-order valence-corrected chi connectivity index (χ3v) is 6.08. The van der Waals surface area contributed by atoms with Gasteiger partial charge in [-0.05, 0) is 18.6 Å². The molecule has 1 N–H and O–H groups in total. The number of carbonyl (C=O) groups is 1. The summed E-state index contributed by atoms with van der Waals surface area (Å²) in [5.74, 6) is 2.09. The number of benzene rings is 1. The lowest BCUT2D eigenvalue weighted by Gasteiger charge is -2.24. The Bertz CT molecular complexity index is 813. The fourth-order valence-electron chi connectivity index (χ4n) is 3.30. The van der Waals surface area contributed by atoms with Gasteiger partial charge >= 0.3 is 0 Å². The van der Waals surface area contributed by atoms with Crippen molar-refractivity contribution in [2.24, 2.45) is 0 Å². The molecule has 2 aliphatic rings. The Morgan fingerprint density at radius 1 is 1.26 bits per heavy atom. The standard InChI is InChI=1S/C18H21N5O2S2/c24-17(14-12-27-18(26)19-14)23-8-4-7-22(9-10-23)11-15-20-16(25-21-15)13-5-2-1-3-6-13/h1-3,5-6,14H,4,7-12H2,(H,19,26). The van der Waals surface area contributed by atoms with E-state index >= 15 is 0 Å². The predicted octanol–water partition coefficient (Wildman–Crippen LogP) is 1.76. The van der Waals surface area contributed by atoms with Gasteiger partial charge in [0.25, 0.3) is 5.89 Å². The summed E-state index contributed by atoms with van der Waals surface area (Å²) < 4.78 is 6.10. The van der Waals surface area contributed by atoms with E-state index in [4.69, 9.17) is 16.7 Å². The molecule has 0 bridgehead atoms. The molecule has 0 aliphatic carbocycles. The molecule has 1 aromatic carbocycles. The Hall–Kier alpha value is -1.97. The van der Waals surface area contributed by atoms with Crippen molar-refractivity contribution >= 4 is 34.2 Å². The van der Waals surface area contributed by atoms with Crippen molar-refractivity contribution in [3.8, 4) is 11.5 Å². The second-order valence-electron chi connectivity index (χ2n) is 6.63. The Morgan fingerprint density at radius 2 is 2.11 bits per heavy atom. The lowest BCUT2D eigenvalue weighted by molar-refractivity contribution is -0.132. The number of amides is 1. The summed E-state index contributed by atoms with van der Waals surface area (Å²) in [4.78, 5) is 21.4. The predicted molar refractivity (Wildman–Crippen MR) is 108 cm³/mol. The molecule has 4 rings (SSSR count). The first-order chi connectivity index (χ1) is 13.2. The van der Waals surface area contributed by atoms with Crippen LogP contribution >= 0.6 is 24.0 Å². The first-order valence-electron chi connectivity index (χ1n) is 9.01.